The predicted molar refractivity (Wildman–Crippen MR) is 166 cm³/mol. The molecular weight excluding hydrogens is 600 g/mol. The van der Waals surface area contributed by atoms with Gasteiger partial charge in [0.2, 0.25) is 11.8 Å². The van der Waals surface area contributed by atoms with E-state index >= 15 is 4.39 Å². The highest BCUT2D eigenvalue weighted by atomic mass is 32.1. The summed E-state index contributed by atoms with van der Waals surface area (Å²) < 4.78 is 44.2. The van der Waals surface area contributed by atoms with Crippen LogP contribution in [-0.2, 0) is 32.8 Å². The van der Waals surface area contributed by atoms with Gasteiger partial charge in [-0.15, -0.1) is 11.3 Å². The number of carbonyl (C=O) groups is 2. The van der Waals surface area contributed by atoms with Crippen LogP contribution in [0.25, 0.3) is 32.6 Å². The topological polar surface area (TPSA) is 98.6 Å². The molecule has 3 fully saturated rings. The number of hydrogen-bond donors (Lipinski definition) is 1. The van der Waals surface area contributed by atoms with Gasteiger partial charge in [0, 0.05) is 53.4 Å². The summed E-state index contributed by atoms with van der Waals surface area (Å²) in [7, 11) is 3.18. The van der Waals surface area contributed by atoms with Crippen LogP contribution in [0.4, 0.5) is 8.78 Å². The second-order valence-electron chi connectivity index (χ2n) is 12.3. The smallest absolute Gasteiger partial charge is 0.246 e. The minimum atomic E-state index is -0.780. The van der Waals surface area contributed by atoms with Crippen molar-refractivity contribution in [3.8, 4) is 28.3 Å². The van der Waals surface area contributed by atoms with Crippen molar-refractivity contribution >= 4 is 33.2 Å². The van der Waals surface area contributed by atoms with E-state index in [-0.39, 0.29) is 53.2 Å². The van der Waals surface area contributed by atoms with Crippen LogP contribution < -0.4 is 10.1 Å². The van der Waals surface area contributed by atoms with Gasteiger partial charge in [0.25, 0.3) is 0 Å². The first-order chi connectivity index (χ1) is 21.6. The van der Waals surface area contributed by atoms with Gasteiger partial charge in [-0.3, -0.25) is 14.3 Å². The summed E-state index contributed by atoms with van der Waals surface area (Å²) in [5, 5.41) is 10.5. The van der Waals surface area contributed by atoms with Crippen molar-refractivity contribution in [2.75, 3.05) is 27.4 Å². The molecule has 0 spiro atoms. The maximum Gasteiger partial charge on any atom is 0.246 e. The molecule has 234 valence electrons. The van der Waals surface area contributed by atoms with Crippen molar-refractivity contribution in [2.24, 2.45) is 5.41 Å². The number of ether oxygens (including phenoxy) is 2. The molecule has 1 aromatic carbocycles. The summed E-state index contributed by atoms with van der Waals surface area (Å²) in [5.41, 5.74) is 2.51. The molecule has 3 aliphatic carbocycles. The van der Waals surface area contributed by atoms with Crippen LogP contribution in [0.2, 0.25) is 0 Å². The molecule has 3 saturated carbocycles. The molecule has 0 radical (unpaired) electrons. The van der Waals surface area contributed by atoms with Crippen molar-refractivity contribution < 1.29 is 27.8 Å². The summed E-state index contributed by atoms with van der Waals surface area (Å²) in [4.78, 5) is 32.2. The Labute approximate surface area is 262 Å². The van der Waals surface area contributed by atoms with Crippen LogP contribution in [0.3, 0.4) is 0 Å². The minimum Gasteiger partial charge on any atom is -0.490 e. The van der Waals surface area contributed by atoms with Crippen LogP contribution in [0.15, 0.2) is 42.3 Å². The number of fused-ring (bicyclic) bond motifs is 2. The number of nitrogens with one attached hydrogen (secondary N) is 1. The number of amides is 2. The van der Waals surface area contributed by atoms with Crippen molar-refractivity contribution in [3.05, 3.63) is 65.3 Å². The largest absolute Gasteiger partial charge is 0.490 e. The van der Waals surface area contributed by atoms with Crippen molar-refractivity contribution in [3.63, 3.8) is 0 Å². The van der Waals surface area contributed by atoms with Gasteiger partial charge in [0.15, 0.2) is 0 Å². The van der Waals surface area contributed by atoms with E-state index in [4.69, 9.17) is 19.6 Å². The Bertz CT molecular complexity index is 1860. The molecule has 1 N–H and O–H groups in total. The van der Waals surface area contributed by atoms with Crippen LogP contribution in [-0.4, -0.2) is 64.9 Å². The average molecular weight is 634 g/mol. The lowest BCUT2D eigenvalue weighted by Gasteiger charge is -2.69. The first-order valence-electron chi connectivity index (χ1n) is 14.9. The molecule has 4 aliphatic rings. The molecule has 4 aromatic rings. The molecule has 12 heteroatoms. The van der Waals surface area contributed by atoms with Crippen molar-refractivity contribution in [1.29, 1.82) is 0 Å². The Morgan fingerprint density at radius 3 is 2.69 bits per heavy atom. The van der Waals surface area contributed by atoms with Crippen molar-refractivity contribution in [1.82, 2.24) is 25.0 Å². The van der Waals surface area contributed by atoms with E-state index in [2.05, 4.69) is 11.9 Å². The Hall–Kier alpha value is -4.16. The number of methoxy groups -OCH3 is 1. The zero-order valence-electron chi connectivity index (χ0n) is 25.3. The molecule has 2 amide bonds. The SMILES string of the molecule is C=CC(=O)N1Cc2cc(-c3nc(C45CC(C(=O)NC)(C4)C5)c4ccsc4c3-c3c(F)cc(F)cc3OCCOC)nn2CC1C. The number of nitrogens with zero attached hydrogens (tertiary/aromatic N) is 4. The van der Waals surface area contributed by atoms with E-state index in [9.17, 15) is 14.0 Å². The summed E-state index contributed by atoms with van der Waals surface area (Å²) >= 11 is 1.44. The average Bonchev–Trinajstić information content (AvgIpc) is 3.62. The van der Waals surface area contributed by atoms with Gasteiger partial charge in [0.1, 0.15) is 35.4 Å². The normalized spacial score (nSPS) is 23.2. The molecule has 45 heavy (non-hydrogen) atoms. The third-order valence-electron chi connectivity index (χ3n) is 9.53. The first-order valence-corrected chi connectivity index (χ1v) is 15.8. The molecular formula is C33H33F2N5O4S. The Kier molecular flexibility index (Phi) is 7.05. The Morgan fingerprint density at radius 1 is 1.20 bits per heavy atom. The number of thiophene rings is 1. The molecule has 2 bridgehead atoms. The van der Waals surface area contributed by atoms with Gasteiger partial charge in [-0.2, -0.15) is 5.10 Å². The number of benzene rings is 1. The van der Waals surface area contributed by atoms with E-state index in [0.29, 0.717) is 49.3 Å². The number of halogens is 2. The Morgan fingerprint density at radius 2 is 1.98 bits per heavy atom. The number of aromatic nitrogens is 3. The lowest BCUT2D eigenvalue weighted by atomic mass is 9.33. The van der Waals surface area contributed by atoms with Gasteiger partial charge in [-0.25, -0.2) is 13.8 Å². The number of pyridine rings is 1. The molecule has 0 saturated heterocycles. The highest BCUT2D eigenvalue weighted by Crippen LogP contribution is 2.74. The lowest BCUT2D eigenvalue weighted by Crippen LogP contribution is -2.70. The van der Waals surface area contributed by atoms with E-state index in [0.717, 1.165) is 27.5 Å². The monoisotopic (exact) mass is 633 g/mol. The van der Waals surface area contributed by atoms with E-state index in [1.54, 1.807) is 11.9 Å². The van der Waals surface area contributed by atoms with Gasteiger partial charge in [-0.1, -0.05) is 6.58 Å². The third-order valence-corrected chi connectivity index (χ3v) is 10.5. The van der Waals surface area contributed by atoms with Gasteiger partial charge in [0.05, 0.1) is 42.1 Å². The quantitative estimate of drug-likeness (QED) is 0.201. The summed E-state index contributed by atoms with van der Waals surface area (Å²) in [6.07, 6.45) is 3.35. The maximum atomic E-state index is 16.0. The predicted octanol–water partition coefficient (Wildman–Crippen LogP) is 5.21. The van der Waals surface area contributed by atoms with E-state index in [1.165, 1.54) is 30.6 Å². The Balaban J connectivity index is 1.43. The van der Waals surface area contributed by atoms with Gasteiger partial charge in [-0.05, 0) is 49.8 Å². The third kappa shape index (κ3) is 4.48. The van der Waals surface area contributed by atoms with Crippen LogP contribution in [0, 0.1) is 17.0 Å². The zero-order chi connectivity index (χ0) is 31.7. The zero-order valence-corrected chi connectivity index (χ0v) is 26.1. The summed E-state index contributed by atoms with van der Waals surface area (Å²) in [6.45, 7) is 6.71. The molecule has 8 rings (SSSR count). The van der Waals surface area contributed by atoms with Crippen LogP contribution in [0.5, 0.6) is 5.75 Å². The van der Waals surface area contributed by atoms with Crippen molar-refractivity contribution in [2.45, 2.75) is 50.7 Å². The van der Waals surface area contributed by atoms with E-state index in [1.807, 2.05) is 29.1 Å². The highest BCUT2D eigenvalue weighted by molar-refractivity contribution is 7.17. The van der Waals surface area contributed by atoms with E-state index < -0.39 is 11.6 Å². The maximum absolute atomic E-state index is 16.0. The fraction of sp³-hybridized carbons (Fsp3) is 0.394. The lowest BCUT2D eigenvalue weighted by molar-refractivity contribution is -0.176. The molecule has 4 heterocycles. The van der Waals surface area contributed by atoms with Crippen LogP contribution in [0.1, 0.15) is 37.6 Å². The van der Waals surface area contributed by atoms with Gasteiger partial charge >= 0.3 is 0 Å². The summed E-state index contributed by atoms with van der Waals surface area (Å²) in [5.74, 6) is -1.62. The minimum absolute atomic E-state index is 0.0412. The second kappa shape index (κ2) is 10.7. The standard InChI is InChI=1S/C33H33F2N5O4S/c1-5-25(41)39-14-20-12-23(38-40(20)13-18(39)2)28-27(26-22(35)10-19(34)11-24(26)44-8-7-43-4)29-21(6-9-45-29)30(37-28)32-15-33(16-32,17-32)31(42)36-3/h5-6,9-12,18H,1,7-8,13-17H2,2-4H3,(H,36,42). The molecule has 3 aromatic heterocycles. The fourth-order valence-electron chi connectivity index (χ4n) is 7.48. The first kappa shape index (κ1) is 29.5. The number of hydrogen-bond acceptors (Lipinski definition) is 7. The summed E-state index contributed by atoms with van der Waals surface area (Å²) in [6, 6.07) is 5.77. The number of carbonyl (C=O) groups excluding carboxylic acids is 2. The highest BCUT2D eigenvalue weighted by Gasteiger charge is 2.72. The number of rotatable bonds is 9. The molecule has 1 aliphatic heterocycles. The fourth-order valence-corrected chi connectivity index (χ4v) is 8.43. The van der Waals surface area contributed by atoms with Crippen LogP contribution >= 0.6 is 11.3 Å². The second-order valence-corrected chi connectivity index (χ2v) is 13.3. The molecule has 9 nitrogen and oxygen atoms in total. The molecule has 1 unspecified atom stereocenters. The molecule has 1 atom stereocenters. The van der Waals surface area contributed by atoms with Gasteiger partial charge < -0.3 is 19.7 Å².